The number of hydrogen-bond acceptors (Lipinski definition) is 2. The second kappa shape index (κ2) is 5.05. The Hall–Kier alpha value is -2.09. The first-order valence-electron chi connectivity index (χ1n) is 5.86. The summed E-state index contributed by atoms with van der Waals surface area (Å²) >= 11 is 0. The van der Waals surface area contributed by atoms with E-state index in [0.29, 0.717) is 5.56 Å². The Bertz CT molecular complexity index is 586. The number of carbonyl (C=O) groups excluding carboxylic acids is 1. The molecular weight excluding hydrogens is 224 g/mol. The van der Waals surface area contributed by atoms with Crippen molar-refractivity contribution in [3.63, 3.8) is 0 Å². The fourth-order valence-corrected chi connectivity index (χ4v) is 2.07. The highest BCUT2D eigenvalue weighted by Crippen LogP contribution is 2.29. The third kappa shape index (κ3) is 2.28. The van der Waals surface area contributed by atoms with Crippen molar-refractivity contribution in [2.24, 2.45) is 0 Å². The van der Waals surface area contributed by atoms with Crippen LogP contribution in [0.3, 0.4) is 0 Å². The van der Waals surface area contributed by atoms with Gasteiger partial charge in [0.1, 0.15) is 5.75 Å². The minimum Gasteiger partial charge on any atom is -0.497 e. The van der Waals surface area contributed by atoms with Crippen molar-refractivity contribution in [2.75, 3.05) is 7.11 Å². The molecule has 2 nitrogen and oxygen atoms in total. The number of aryl methyl sites for hydroxylation is 2. The number of benzene rings is 2. The lowest BCUT2D eigenvalue weighted by Crippen LogP contribution is -1.92. The van der Waals surface area contributed by atoms with Crippen molar-refractivity contribution in [2.45, 2.75) is 13.8 Å². The molecule has 0 heterocycles. The van der Waals surface area contributed by atoms with E-state index in [2.05, 4.69) is 0 Å². The van der Waals surface area contributed by atoms with E-state index < -0.39 is 0 Å². The number of carbonyl (C=O) groups is 1. The molecule has 0 aliphatic carbocycles. The van der Waals surface area contributed by atoms with Crippen molar-refractivity contribution in [1.82, 2.24) is 0 Å². The predicted molar refractivity (Wildman–Crippen MR) is 73.3 cm³/mol. The number of hydrogen-bond donors (Lipinski definition) is 0. The maximum atomic E-state index is 11.1. The molecule has 0 aliphatic rings. The van der Waals surface area contributed by atoms with Gasteiger partial charge in [-0.3, -0.25) is 4.79 Å². The summed E-state index contributed by atoms with van der Waals surface area (Å²) in [7, 11) is 1.65. The normalized spacial score (nSPS) is 10.2. The van der Waals surface area contributed by atoms with Crippen molar-refractivity contribution in [1.29, 1.82) is 0 Å². The molecule has 0 saturated carbocycles. The van der Waals surface area contributed by atoms with Gasteiger partial charge in [-0.15, -0.1) is 0 Å². The van der Waals surface area contributed by atoms with Crippen LogP contribution in [-0.4, -0.2) is 13.4 Å². The summed E-state index contributed by atoms with van der Waals surface area (Å²) < 4.78 is 5.20. The number of rotatable bonds is 3. The number of ether oxygens (including phenoxy) is 1. The van der Waals surface area contributed by atoms with Gasteiger partial charge in [-0.25, -0.2) is 0 Å². The van der Waals surface area contributed by atoms with E-state index in [1.807, 2.05) is 50.2 Å². The van der Waals surface area contributed by atoms with Gasteiger partial charge in [0.25, 0.3) is 0 Å². The van der Waals surface area contributed by atoms with E-state index in [0.717, 1.165) is 34.3 Å². The fraction of sp³-hybridized carbons (Fsp3) is 0.188. The molecule has 0 fully saturated rings. The Morgan fingerprint density at radius 2 is 1.78 bits per heavy atom. The Balaban J connectivity index is 2.61. The van der Waals surface area contributed by atoms with E-state index in [4.69, 9.17) is 4.74 Å². The summed E-state index contributed by atoms with van der Waals surface area (Å²) in [6, 6.07) is 11.7. The van der Waals surface area contributed by atoms with Crippen LogP contribution in [0.5, 0.6) is 5.75 Å². The summed E-state index contributed by atoms with van der Waals surface area (Å²) in [5, 5.41) is 0. The Labute approximate surface area is 107 Å². The smallest absolute Gasteiger partial charge is 0.150 e. The summed E-state index contributed by atoms with van der Waals surface area (Å²) in [5.74, 6) is 0.830. The average molecular weight is 240 g/mol. The average Bonchev–Trinajstić information content (AvgIpc) is 2.38. The largest absolute Gasteiger partial charge is 0.497 e. The van der Waals surface area contributed by atoms with Crippen LogP contribution < -0.4 is 4.74 Å². The second-order valence-electron chi connectivity index (χ2n) is 4.39. The first-order valence-corrected chi connectivity index (χ1v) is 5.86. The SMILES string of the molecule is COc1ccc(-c2cc(C)ccc2C=O)c(C)c1. The highest BCUT2D eigenvalue weighted by Gasteiger charge is 2.08. The van der Waals surface area contributed by atoms with Crippen LogP contribution in [0.15, 0.2) is 36.4 Å². The third-order valence-electron chi connectivity index (χ3n) is 3.06. The first-order chi connectivity index (χ1) is 8.65. The minimum absolute atomic E-state index is 0.717. The van der Waals surface area contributed by atoms with Gasteiger partial charge in [0, 0.05) is 5.56 Å². The lowest BCUT2D eigenvalue weighted by molar-refractivity contribution is 0.112. The lowest BCUT2D eigenvalue weighted by Gasteiger charge is -2.11. The molecule has 0 radical (unpaired) electrons. The van der Waals surface area contributed by atoms with Crippen LogP contribution in [0.2, 0.25) is 0 Å². The van der Waals surface area contributed by atoms with E-state index in [1.165, 1.54) is 0 Å². The molecule has 92 valence electrons. The summed E-state index contributed by atoms with van der Waals surface area (Å²) in [4.78, 5) is 11.1. The molecule has 0 spiro atoms. The molecule has 0 atom stereocenters. The van der Waals surface area contributed by atoms with Gasteiger partial charge in [-0.05, 0) is 42.7 Å². The maximum Gasteiger partial charge on any atom is 0.150 e. The van der Waals surface area contributed by atoms with Gasteiger partial charge in [0.05, 0.1) is 7.11 Å². The van der Waals surface area contributed by atoms with Crippen LogP contribution in [-0.2, 0) is 0 Å². The molecule has 0 aliphatic heterocycles. The van der Waals surface area contributed by atoms with E-state index >= 15 is 0 Å². The van der Waals surface area contributed by atoms with Gasteiger partial charge >= 0.3 is 0 Å². The third-order valence-corrected chi connectivity index (χ3v) is 3.06. The Kier molecular flexibility index (Phi) is 3.47. The minimum atomic E-state index is 0.717. The van der Waals surface area contributed by atoms with Crippen molar-refractivity contribution in [3.8, 4) is 16.9 Å². The van der Waals surface area contributed by atoms with Crippen molar-refractivity contribution < 1.29 is 9.53 Å². The van der Waals surface area contributed by atoms with Gasteiger partial charge in [0.2, 0.25) is 0 Å². The highest BCUT2D eigenvalue weighted by molar-refractivity contribution is 5.88. The molecule has 2 aromatic carbocycles. The van der Waals surface area contributed by atoms with Gasteiger partial charge in [0.15, 0.2) is 6.29 Å². The standard InChI is InChI=1S/C16H16O2/c1-11-4-5-13(10-17)16(8-11)15-7-6-14(18-3)9-12(15)2/h4-10H,1-3H3. The Morgan fingerprint density at radius 3 is 2.39 bits per heavy atom. The zero-order valence-corrected chi connectivity index (χ0v) is 10.9. The zero-order chi connectivity index (χ0) is 13.1. The van der Waals surface area contributed by atoms with Crippen molar-refractivity contribution >= 4 is 6.29 Å². The molecule has 0 aromatic heterocycles. The first kappa shape index (κ1) is 12.4. The van der Waals surface area contributed by atoms with Crippen molar-refractivity contribution in [3.05, 3.63) is 53.1 Å². The molecule has 0 amide bonds. The van der Waals surface area contributed by atoms with Crippen LogP contribution in [0.1, 0.15) is 21.5 Å². The van der Waals surface area contributed by atoms with E-state index in [-0.39, 0.29) is 0 Å². The monoisotopic (exact) mass is 240 g/mol. The van der Waals surface area contributed by atoms with Crippen LogP contribution >= 0.6 is 0 Å². The summed E-state index contributed by atoms with van der Waals surface area (Å²) in [6.45, 7) is 4.05. The molecular formula is C16H16O2. The topological polar surface area (TPSA) is 26.3 Å². The van der Waals surface area contributed by atoms with E-state index in [1.54, 1.807) is 7.11 Å². The predicted octanol–water partition coefficient (Wildman–Crippen LogP) is 3.79. The summed E-state index contributed by atoms with van der Waals surface area (Å²) in [6.07, 6.45) is 0.901. The fourth-order valence-electron chi connectivity index (χ4n) is 2.07. The van der Waals surface area contributed by atoms with Gasteiger partial charge in [-0.1, -0.05) is 29.8 Å². The molecule has 2 aromatic rings. The molecule has 2 heteroatoms. The highest BCUT2D eigenvalue weighted by atomic mass is 16.5. The Morgan fingerprint density at radius 1 is 1.00 bits per heavy atom. The molecule has 0 bridgehead atoms. The lowest BCUT2D eigenvalue weighted by atomic mass is 9.95. The molecule has 0 N–H and O–H groups in total. The molecule has 2 rings (SSSR count). The van der Waals surface area contributed by atoms with Gasteiger partial charge in [-0.2, -0.15) is 0 Å². The number of aldehydes is 1. The molecule has 0 unspecified atom stereocenters. The summed E-state index contributed by atoms with van der Waals surface area (Å²) in [5.41, 5.74) is 5.01. The number of methoxy groups -OCH3 is 1. The van der Waals surface area contributed by atoms with Gasteiger partial charge < -0.3 is 4.74 Å². The van der Waals surface area contributed by atoms with Crippen LogP contribution in [0.25, 0.3) is 11.1 Å². The van der Waals surface area contributed by atoms with Crippen LogP contribution in [0.4, 0.5) is 0 Å². The van der Waals surface area contributed by atoms with E-state index in [9.17, 15) is 4.79 Å². The molecule has 0 saturated heterocycles. The quantitative estimate of drug-likeness (QED) is 0.763. The molecule has 18 heavy (non-hydrogen) atoms. The van der Waals surface area contributed by atoms with Crippen LogP contribution in [0, 0.1) is 13.8 Å². The zero-order valence-electron chi connectivity index (χ0n) is 10.9. The second-order valence-corrected chi connectivity index (χ2v) is 4.39. The maximum absolute atomic E-state index is 11.1.